The minimum Gasteiger partial charge on any atom is -0.495 e. The third-order valence-electron chi connectivity index (χ3n) is 2.28. The largest absolute Gasteiger partial charge is 0.495 e. The van der Waals surface area contributed by atoms with Crippen molar-refractivity contribution in [2.24, 2.45) is 5.92 Å². The summed E-state index contributed by atoms with van der Waals surface area (Å²) < 4.78 is 5.10. The fourth-order valence-electron chi connectivity index (χ4n) is 1.30. The number of nitrogen functional groups attached to an aromatic ring is 1. The maximum atomic E-state index is 8.89. The predicted octanol–water partition coefficient (Wildman–Crippen LogP) is 2.14. The number of benzene rings is 1. The van der Waals surface area contributed by atoms with Crippen LogP contribution in [0.4, 0.5) is 5.69 Å². The van der Waals surface area contributed by atoms with Crippen LogP contribution >= 0.6 is 11.8 Å². The van der Waals surface area contributed by atoms with Crippen molar-refractivity contribution in [3.63, 3.8) is 0 Å². The normalized spacial score (nSPS) is 12.4. The summed E-state index contributed by atoms with van der Waals surface area (Å²) in [5.41, 5.74) is 7.68. The summed E-state index contributed by atoms with van der Waals surface area (Å²) in [5.74, 6) is 2.94. The van der Waals surface area contributed by atoms with Crippen LogP contribution in [0.3, 0.4) is 0 Å². The van der Waals surface area contributed by atoms with Gasteiger partial charge in [-0.2, -0.15) is 11.8 Å². The molecule has 1 atom stereocenters. The van der Waals surface area contributed by atoms with E-state index in [4.69, 9.17) is 15.6 Å². The quantitative estimate of drug-likeness (QED) is 0.749. The number of hydrogen-bond donors (Lipinski definition) is 2. The Bertz CT molecular complexity index is 331. The molecule has 0 aliphatic carbocycles. The highest BCUT2D eigenvalue weighted by molar-refractivity contribution is 7.98. The van der Waals surface area contributed by atoms with Crippen LogP contribution in [0.5, 0.6) is 5.75 Å². The fraction of sp³-hybridized carbons (Fsp3) is 0.500. The highest BCUT2D eigenvalue weighted by Gasteiger charge is 2.03. The van der Waals surface area contributed by atoms with Gasteiger partial charge >= 0.3 is 0 Å². The molecule has 3 nitrogen and oxygen atoms in total. The van der Waals surface area contributed by atoms with Gasteiger partial charge in [-0.25, -0.2) is 0 Å². The standard InChI is InChI=1S/C12H19NO2S/c1-9(6-14)7-16-8-10-3-4-12(15-2)11(13)5-10/h3-5,9,14H,6-8,13H2,1-2H3. The molecule has 1 aromatic rings. The molecule has 0 heterocycles. The van der Waals surface area contributed by atoms with E-state index >= 15 is 0 Å². The van der Waals surface area contributed by atoms with E-state index in [1.54, 1.807) is 18.9 Å². The number of nitrogens with two attached hydrogens (primary N) is 1. The number of hydrogen-bond acceptors (Lipinski definition) is 4. The molecule has 0 spiro atoms. The second kappa shape index (κ2) is 6.66. The highest BCUT2D eigenvalue weighted by atomic mass is 32.2. The smallest absolute Gasteiger partial charge is 0.141 e. The Kier molecular flexibility index (Phi) is 5.49. The van der Waals surface area contributed by atoms with E-state index in [2.05, 4.69) is 0 Å². The van der Waals surface area contributed by atoms with Crippen LogP contribution in [-0.2, 0) is 5.75 Å². The molecule has 0 saturated carbocycles. The average Bonchev–Trinajstić information content (AvgIpc) is 2.29. The third kappa shape index (κ3) is 3.94. The van der Waals surface area contributed by atoms with E-state index in [1.165, 1.54) is 5.56 Å². The average molecular weight is 241 g/mol. The highest BCUT2D eigenvalue weighted by Crippen LogP contribution is 2.24. The van der Waals surface area contributed by atoms with E-state index in [9.17, 15) is 0 Å². The van der Waals surface area contributed by atoms with E-state index in [0.29, 0.717) is 11.6 Å². The topological polar surface area (TPSA) is 55.5 Å². The Morgan fingerprint density at radius 3 is 2.81 bits per heavy atom. The number of methoxy groups -OCH3 is 1. The first-order valence-corrected chi connectivity index (χ1v) is 6.43. The molecule has 3 N–H and O–H groups in total. The van der Waals surface area contributed by atoms with Gasteiger partial charge in [0.05, 0.1) is 12.8 Å². The van der Waals surface area contributed by atoms with E-state index in [1.807, 2.05) is 25.1 Å². The van der Waals surface area contributed by atoms with Gasteiger partial charge in [-0.1, -0.05) is 13.0 Å². The molecule has 1 rings (SSSR count). The molecule has 4 heteroatoms. The zero-order valence-corrected chi connectivity index (χ0v) is 10.6. The molecular weight excluding hydrogens is 222 g/mol. The molecule has 0 radical (unpaired) electrons. The molecule has 0 bridgehead atoms. The van der Waals surface area contributed by atoms with Crippen LogP contribution in [0, 0.1) is 5.92 Å². The molecule has 0 aliphatic heterocycles. The Balaban J connectivity index is 2.46. The summed E-state index contributed by atoms with van der Waals surface area (Å²) in [6, 6.07) is 5.85. The summed E-state index contributed by atoms with van der Waals surface area (Å²) in [6.07, 6.45) is 0. The van der Waals surface area contributed by atoms with Gasteiger partial charge in [-0.05, 0) is 29.4 Å². The Morgan fingerprint density at radius 1 is 1.50 bits per heavy atom. The molecular formula is C12H19NO2S. The number of aliphatic hydroxyl groups excluding tert-OH is 1. The molecule has 0 fully saturated rings. The first kappa shape index (κ1) is 13.2. The Morgan fingerprint density at radius 2 is 2.25 bits per heavy atom. The van der Waals surface area contributed by atoms with E-state index in [-0.39, 0.29) is 6.61 Å². The van der Waals surface area contributed by atoms with Crippen molar-refractivity contribution in [3.8, 4) is 5.75 Å². The summed E-state index contributed by atoms with van der Waals surface area (Å²) in [7, 11) is 1.61. The molecule has 90 valence electrons. The molecule has 0 amide bonds. The minimum atomic E-state index is 0.248. The number of anilines is 1. The van der Waals surface area contributed by atoms with Crippen molar-refractivity contribution in [1.29, 1.82) is 0 Å². The van der Waals surface area contributed by atoms with E-state index in [0.717, 1.165) is 17.3 Å². The van der Waals surface area contributed by atoms with Crippen molar-refractivity contribution in [3.05, 3.63) is 23.8 Å². The number of rotatable bonds is 6. The molecule has 0 saturated heterocycles. The number of ether oxygens (including phenoxy) is 1. The third-order valence-corrected chi connectivity index (χ3v) is 3.62. The summed E-state index contributed by atoms with van der Waals surface area (Å²) in [6.45, 7) is 2.28. The lowest BCUT2D eigenvalue weighted by Crippen LogP contribution is -2.03. The lowest BCUT2D eigenvalue weighted by Gasteiger charge is -2.09. The van der Waals surface area contributed by atoms with Crippen molar-refractivity contribution in [2.75, 3.05) is 25.2 Å². The van der Waals surface area contributed by atoms with Crippen LogP contribution in [0.2, 0.25) is 0 Å². The lowest BCUT2D eigenvalue weighted by atomic mass is 10.2. The molecule has 16 heavy (non-hydrogen) atoms. The molecule has 0 aromatic heterocycles. The van der Waals surface area contributed by atoms with Crippen LogP contribution < -0.4 is 10.5 Å². The van der Waals surface area contributed by atoms with Gasteiger partial charge in [0.25, 0.3) is 0 Å². The van der Waals surface area contributed by atoms with Gasteiger partial charge < -0.3 is 15.6 Å². The summed E-state index contributed by atoms with van der Waals surface area (Å²) in [4.78, 5) is 0. The predicted molar refractivity (Wildman–Crippen MR) is 69.8 cm³/mol. The zero-order chi connectivity index (χ0) is 12.0. The maximum Gasteiger partial charge on any atom is 0.141 e. The van der Waals surface area contributed by atoms with Crippen LogP contribution in [0.1, 0.15) is 12.5 Å². The van der Waals surface area contributed by atoms with Crippen molar-refractivity contribution in [2.45, 2.75) is 12.7 Å². The molecule has 1 aromatic carbocycles. The van der Waals surface area contributed by atoms with Gasteiger partial charge in [0.15, 0.2) is 0 Å². The van der Waals surface area contributed by atoms with Gasteiger partial charge in [0, 0.05) is 12.4 Å². The maximum absolute atomic E-state index is 8.89. The van der Waals surface area contributed by atoms with Gasteiger partial charge in [-0.15, -0.1) is 0 Å². The zero-order valence-electron chi connectivity index (χ0n) is 9.77. The second-order valence-corrected chi connectivity index (χ2v) is 4.91. The lowest BCUT2D eigenvalue weighted by molar-refractivity contribution is 0.250. The fourth-order valence-corrected chi connectivity index (χ4v) is 2.35. The minimum absolute atomic E-state index is 0.248. The van der Waals surface area contributed by atoms with Crippen LogP contribution in [0.25, 0.3) is 0 Å². The van der Waals surface area contributed by atoms with E-state index < -0.39 is 0 Å². The SMILES string of the molecule is COc1ccc(CSCC(C)CO)cc1N. The summed E-state index contributed by atoms with van der Waals surface area (Å²) in [5, 5.41) is 8.89. The first-order chi connectivity index (χ1) is 7.67. The van der Waals surface area contributed by atoms with Crippen molar-refractivity contribution < 1.29 is 9.84 Å². The summed E-state index contributed by atoms with van der Waals surface area (Å²) >= 11 is 1.80. The number of aliphatic hydroxyl groups is 1. The first-order valence-electron chi connectivity index (χ1n) is 5.28. The molecule has 0 aliphatic rings. The number of thioether (sulfide) groups is 1. The monoisotopic (exact) mass is 241 g/mol. The van der Waals surface area contributed by atoms with Crippen LogP contribution in [0.15, 0.2) is 18.2 Å². The van der Waals surface area contributed by atoms with Crippen LogP contribution in [-0.4, -0.2) is 24.6 Å². The Hall–Kier alpha value is -0.870. The van der Waals surface area contributed by atoms with Crippen molar-refractivity contribution >= 4 is 17.4 Å². The van der Waals surface area contributed by atoms with Gasteiger partial charge in [-0.3, -0.25) is 0 Å². The molecule has 1 unspecified atom stereocenters. The van der Waals surface area contributed by atoms with Gasteiger partial charge in [0.1, 0.15) is 5.75 Å². The second-order valence-electron chi connectivity index (χ2n) is 3.88. The van der Waals surface area contributed by atoms with Crippen molar-refractivity contribution in [1.82, 2.24) is 0 Å². The Labute approximate surface area is 101 Å². The van der Waals surface area contributed by atoms with Gasteiger partial charge in [0.2, 0.25) is 0 Å².